The Balaban J connectivity index is 2.17. The Kier molecular flexibility index (Phi) is 3.22. The Morgan fingerprint density at radius 3 is 2.31 bits per heavy atom. The lowest BCUT2D eigenvalue weighted by molar-refractivity contribution is -0.574. The minimum absolute atomic E-state index is 0.0425. The van der Waals surface area contributed by atoms with E-state index in [0.29, 0.717) is 6.42 Å². The smallest absolute Gasteiger partial charge is 0.226 e. The van der Waals surface area contributed by atoms with E-state index in [1.807, 2.05) is 30.3 Å². The molecule has 0 radical (unpaired) electrons. The Bertz CT molecular complexity index is 355. The molecular formula is C13H17NO2. The van der Waals surface area contributed by atoms with Crippen molar-refractivity contribution in [1.29, 1.82) is 0 Å². The van der Waals surface area contributed by atoms with Gasteiger partial charge < -0.3 is 0 Å². The van der Waals surface area contributed by atoms with Crippen molar-refractivity contribution in [2.45, 2.75) is 44.1 Å². The molecular weight excluding hydrogens is 202 g/mol. The lowest BCUT2D eigenvalue weighted by Gasteiger charge is -2.29. The van der Waals surface area contributed by atoms with E-state index in [-0.39, 0.29) is 4.92 Å². The van der Waals surface area contributed by atoms with E-state index in [9.17, 15) is 10.1 Å². The SMILES string of the molecule is O=[N+]([O-])C1(Cc2ccccc2)CCCCC1. The van der Waals surface area contributed by atoms with Crippen LogP contribution in [0.15, 0.2) is 30.3 Å². The second kappa shape index (κ2) is 4.64. The van der Waals surface area contributed by atoms with Gasteiger partial charge in [-0.2, -0.15) is 0 Å². The van der Waals surface area contributed by atoms with Crippen LogP contribution in [0.25, 0.3) is 0 Å². The van der Waals surface area contributed by atoms with E-state index in [1.165, 1.54) is 0 Å². The van der Waals surface area contributed by atoms with Crippen LogP contribution in [0.4, 0.5) is 0 Å². The molecule has 3 nitrogen and oxygen atoms in total. The second-order valence-electron chi connectivity index (χ2n) is 4.70. The van der Waals surface area contributed by atoms with Crippen LogP contribution in [0, 0.1) is 10.1 Å². The average molecular weight is 219 g/mol. The zero-order chi connectivity index (χ0) is 11.4. The number of nitrogens with zero attached hydrogens (tertiary/aromatic N) is 1. The van der Waals surface area contributed by atoms with Crippen molar-refractivity contribution < 1.29 is 4.92 Å². The molecule has 16 heavy (non-hydrogen) atoms. The van der Waals surface area contributed by atoms with Crippen molar-refractivity contribution in [3.8, 4) is 0 Å². The van der Waals surface area contributed by atoms with Gasteiger partial charge in [0, 0.05) is 24.2 Å². The van der Waals surface area contributed by atoms with Gasteiger partial charge in [0.2, 0.25) is 5.54 Å². The molecule has 1 aliphatic rings. The summed E-state index contributed by atoms with van der Waals surface area (Å²) in [7, 11) is 0. The molecule has 0 heterocycles. The minimum Gasteiger partial charge on any atom is -0.264 e. The molecule has 0 aromatic heterocycles. The second-order valence-corrected chi connectivity index (χ2v) is 4.70. The van der Waals surface area contributed by atoms with Gasteiger partial charge in [0.15, 0.2) is 0 Å². The first-order valence-electron chi connectivity index (χ1n) is 5.91. The summed E-state index contributed by atoms with van der Waals surface area (Å²) >= 11 is 0. The van der Waals surface area contributed by atoms with E-state index in [1.54, 1.807) is 0 Å². The maximum atomic E-state index is 11.3. The van der Waals surface area contributed by atoms with Gasteiger partial charge in [0.05, 0.1) is 0 Å². The van der Waals surface area contributed by atoms with Crippen molar-refractivity contribution in [1.82, 2.24) is 0 Å². The maximum Gasteiger partial charge on any atom is 0.226 e. The topological polar surface area (TPSA) is 43.1 Å². The van der Waals surface area contributed by atoms with Gasteiger partial charge in [-0.1, -0.05) is 36.8 Å². The normalized spacial score (nSPS) is 19.2. The summed E-state index contributed by atoms with van der Waals surface area (Å²) in [6, 6.07) is 9.82. The quantitative estimate of drug-likeness (QED) is 0.578. The highest BCUT2D eigenvalue weighted by molar-refractivity contribution is 5.17. The predicted molar refractivity (Wildman–Crippen MR) is 63.0 cm³/mol. The highest BCUT2D eigenvalue weighted by Gasteiger charge is 2.43. The standard InChI is InChI=1S/C13H17NO2/c15-14(16)13(9-5-2-6-10-13)11-12-7-3-1-4-8-12/h1,3-4,7-8H,2,5-6,9-11H2. The third-order valence-electron chi connectivity index (χ3n) is 3.55. The van der Waals surface area contributed by atoms with Gasteiger partial charge in [0.1, 0.15) is 0 Å². The largest absolute Gasteiger partial charge is 0.264 e. The summed E-state index contributed by atoms with van der Waals surface area (Å²) in [5, 5.41) is 11.3. The first kappa shape index (κ1) is 11.1. The lowest BCUT2D eigenvalue weighted by atomic mass is 9.78. The first-order valence-corrected chi connectivity index (χ1v) is 5.91. The molecule has 1 fully saturated rings. The van der Waals surface area contributed by atoms with Crippen molar-refractivity contribution >= 4 is 0 Å². The molecule has 1 saturated carbocycles. The molecule has 0 saturated heterocycles. The van der Waals surface area contributed by atoms with Crippen molar-refractivity contribution in [3.05, 3.63) is 46.0 Å². The fourth-order valence-corrected chi connectivity index (χ4v) is 2.61. The molecule has 0 aliphatic heterocycles. The number of hydrogen-bond donors (Lipinski definition) is 0. The number of benzene rings is 1. The fraction of sp³-hybridized carbons (Fsp3) is 0.538. The number of nitro groups is 1. The van der Waals surface area contributed by atoms with E-state index in [4.69, 9.17) is 0 Å². The summed E-state index contributed by atoms with van der Waals surface area (Å²) in [6.07, 6.45) is 5.18. The zero-order valence-electron chi connectivity index (χ0n) is 9.39. The zero-order valence-corrected chi connectivity index (χ0v) is 9.39. The van der Waals surface area contributed by atoms with E-state index >= 15 is 0 Å². The van der Waals surface area contributed by atoms with Crippen LogP contribution in [0.2, 0.25) is 0 Å². The van der Waals surface area contributed by atoms with E-state index in [2.05, 4.69) is 0 Å². The van der Waals surface area contributed by atoms with Gasteiger partial charge in [-0.25, -0.2) is 0 Å². The third-order valence-corrected chi connectivity index (χ3v) is 3.55. The molecule has 0 N–H and O–H groups in total. The minimum atomic E-state index is -0.695. The Morgan fingerprint density at radius 2 is 1.75 bits per heavy atom. The molecule has 1 aliphatic carbocycles. The monoisotopic (exact) mass is 219 g/mol. The third kappa shape index (κ3) is 2.23. The summed E-state index contributed by atoms with van der Waals surface area (Å²) < 4.78 is 0. The molecule has 0 unspecified atom stereocenters. The molecule has 0 spiro atoms. The highest BCUT2D eigenvalue weighted by atomic mass is 16.6. The maximum absolute atomic E-state index is 11.3. The van der Waals surface area contributed by atoms with Gasteiger partial charge in [-0.3, -0.25) is 10.1 Å². The average Bonchev–Trinajstić information content (AvgIpc) is 2.31. The number of rotatable bonds is 3. The summed E-state index contributed by atoms with van der Waals surface area (Å²) in [5.74, 6) is 0. The van der Waals surface area contributed by atoms with Crippen LogP contribution in [0.3, 0.4) is 0 Å². The Labute approximate surface area is 95.6 Å². The summed E-state index contributed by atoms with van der Waals surface area (Å²) in [6.45, 7) is 0. The highest BCUT2D eigenvalue weighted by Crippen LogP contribution is 2.33. The molecule has 0 bridgehead atoms. The van der Waals surface area contributed by atoms with Crippen LogP contribution < -0.4 is 0 Å². The van der Waals surface area contributed by atoms with Crippen LogP contribution in [0.1, 0.15) is 37.7 Å². The van der Waals surface area contributed by atoms with Crippen molar-refractivity contribution in [3.63, 3.8) is 0 Å². The molecule has 86 valence electrons. The van der Waals surface area contributed by atoms with Gasteiger partial charge >= 0.3 is 0 Å². The molecule has 3 heteroatoms. The summed E-state index contributed by atoms with van der Waals surface area (Å²) in [5.41, 5.74) is 0.390. The van der Waals surface area contributed by atoms with Gasteiger partial charge in [-0.05, 0) is 18.4 Å². The molecule has 1 aromatic carbocycles. The Morgan fingerprint density at radius 1 is 1.12 bits per heavy atom. The molecule has 0 amide bonds. The Hall–Kier alpha value is -1.38. The molecule has 1 aromatic rings. The molecule has 0 atom stereocenters. The van der Waals surface area contributed by atoms with Crippen molar-refractivity contribution in [2.24, 2.45) is 0 Å². The van der Waals surface area contributed by atoms with Crippen LogP contribution in [0.5, 0.6) is 0 Å². The lowest BCUT2D eigenvalue weighted by Crippen LogP contribution is -2.42. The van der Waals surface area contributed by atoms with Crippen LogP contribution in [-0.4, -0.2) is 10.5 Å². The van der Waals surface area contributed by atoms with Gasteiger partial charge in [-0.15, -0.1) is 0 Å². The summed E-state index contributed by atoms with van der Waals surface area (Å²) in [4.78, 5) is 11.2. The fourth-order valence-electron chi connectivity index (χ4n) is 2.61. The molecule has 2 rings (SSSR count). The van der Waals surface area contributed by atoms with Crippen LogP contribution >= 0.6 is 0 Å². The van der Waals surface area contributed by atoms with E-state index < -0.39 is 5.54 Å². The van der Waals surface area contributed by atoms with Crippen molar-refractivity contribution in [2.75, 3.05) is 0 Å². The first-order chi connectivity index (χ1) is 7.73. The predicted octanol–water partition coefficient (Wildman–Crippen LogP) is 3.21. The van der Waals surface area contributed by atoms with Crippen LogP contribution in [-0.2, 0) is 6.42 Å². The van der Waals surface area contributed by atoms with E-state index in [0.717, 1.165) is 37.7 Å². The van der Waals surface area contributed by atoms with Gasteiger partial charge in [0.25, 0.3) is 0 Å². The number of hydrogen-bond acceptors (Lipinski definition) is 2.